The molecule has 2 atom stereocenters. The fraction of sp³-hybridized carbons (Fsp3) is 0.516. The summed E-state index contributed by atoms with van der Waals surface area (Å²) in [5.74, 6) is 0.0862. The van der Waals surface area contributed by atoms with E-state index in [9.17, 15) is 14.4 Å². The molecule has 1 fully saturated rings. The Labute approximate surface area is 226 Å². The van der Waals surface area contributed by atoms with Crippen molar-refractivity contribution in [2.45, 2.75) is 90.1 Å². The van der Waals surface area contributed by atoms with Crippen LogP contribution in [0.5, 0.6) is 0 Å². The highest BCUT2D eigenvalue weighted by Crippen LogP contribution is 2.44. The maximum absolute atomic E-state index is 14.0. The lowest BCUT2D eigenvalue weighted by Gasteiger charge is -2.32. The SMILES string of the molecule is CCc1cccc(NC(=O)NC2CC(C3CCCCC3)c3ccccc3N(CC(=O)NC(C)(C)C)C2=O)c1. The molecule has 2 aromatic carbocycles. The normalized spacial score (nSPS) is 20.3. The summed E-state index contributed by atoms with van der Waals surface area (Å²) < 4.78 is 0. The molecule has 4 rings (SSSR count). The predicted octanol–water partition coefficient (Wildman–Crippen LogP) is 5.75. The number of carbonyl (C=O) groups excluding carboxylic acids is 3. The number of benzene rings is 2. The number of aryl methyl sites for hydroxylation is 1. The first-order valence-electron chi connectivity index (χ1n) is 14.0. The predicted molar refractivity (Wildman–Crippen MR) is 152 cm³/mol. The first kappa shape index (κ1) is 27.7. The standard InChI is InChI=1S/C31H42N4O3/c1-5-21-12-11-15-23(18-21)32-30(38)33-26-19-25(22-13-7-6-8-14-22)24-16-9-10-17-27(24)35(29(26)37)20-28(36)34-31(2,3)4/h9-12,15-18,22,25-26H,5-8,13-14,19-20H2,1-4H3,(H,34,36)(H2,32,33,38). The summed E-state index contributed by atoms with van der Waals surface area (Å²) in [6, 6.07) is 14.5. The van der Waals surface area contributed by atoms with Gasteiger partial charge in [0.2, 0.25) is 11.8 Å². The van der Waals surface area contributed by atoms with Crippen LogP contribution in [0.4, 0.5) is 16.2 Å². The van der Waals surface area contributed by atoms with Crippen LogP contribution in [0, 0.1) is 5.92 Å². The van der Waals surface area contributed by atoms with Crippen molar-refractivity contribution >= 4 is 29.2 Å². The minimum atomic E-state index is -0.744. The number of anilines is 2. The average Bonchev–Trinajstić information content (AvgIpc) is 2.99. The summed E-state index contributed by atoms with van der Waals surface area (Å²) in [5.41, 5.74) is 3.27. The van der Waals surface area contributed by atoms with Gasteiger partial charge in [-0.2, -0.15) is 0 Å². The van der Waals surface area contributed by atoms with E-state index in [1.165, 1.54) is 19.3 Å². The maximum atomic E-state index is 14.0. The Morgan fingerprint density at radius 2 is 1.74 bits per heavy atom. The van der Waals surface area contributed by atoms with Crippen molar-refractivity contribution in [2.75, 3.05) is 16.8 Å². The summed E-state index contributed by atoms with van der Waals surface area (Å²) in [7, 11) is 0. The lowest BCUT2D eigenvalue weighted by Crippen LogP contribution is -2.53. The lowest BCUT2D eigenvalue weighted by molar-refractivity contribution is -0.125. The first-order valence-corrected chi connectivity index (χ1v) is 14.0. The molecule has 1 saturated carbocycles. The molecule has 0 spiro atoms. The molecule has 7 heteroatoms. The van der Waals surface area contributed by atoms with Crippen LogP contribution < -0.4 is 20.9 Å². The Balaban J connectivity index is 1.64. The highest BCUT2D eigenvalue weighted by atomic mass is 16.2. The van der Waals surface area contributed by atoms with Crippen LogP contribution in [0.3, 0.4) is 0 Å². The number of amides is 4. The van der Waals surface area contributed by atoms with E-state index in [-0.39, 0.29) is 24.3 Å². The molecule has 2 unspecified atom stereocenters. The van der Waals surface area contributed by atoms with Crippen LogP contribution in [0.15, 0.2) is 48.5 Å². The number of hydrogen-bond acceptors (Lipinski definition) is 3. The highest BCUT2D eigenvalue weighted by Gasteiger charge is 2.39. The fourth-order valence-corrected chi connectivity index (χ4v) is 5.90. The van der Waals surface area contributed by atoms with Gasteiger partial charge in [0.25, 0.3) is 0 Å². The third-order valence-electron chi connectivity index (χ3n) is 7.61. The second-order valence-electron chi connectivity index (χ2n) is 11.7. The fourth-order valence-electron chi connectivity index (χ4n) is 5.90. The van der Waals surface area contributed by atoms with Gasteiger partial charge in [0, 0.05) is 16.9 Å². The molecule has 3 N–H and O–H groups in total. The van der Waals surface area contributed by atoms with Gasteiger partial charge in [0.05, 0.1) is 0 Å². The Bertz CT molecular complexity index is 1150. The number of carbonyl (C=O) groups is 3. The molecular formula is C31H42N4O3. The summed E-state index contributed by atoms with van der Waals surface area (Å²) in [6.07, 6.45) is 7.21. The topological polar surface area (TPSA) is 90.5 Å². The smallest absolute Gasteiger partial charge is 0.319 e. The Morgan fingerprint density at radius 1 is 1.00 bits per heavy atom. The number of rotatable bonds is 6. The molecular weight excluding hydrogens is 476 g/mol. The number of nitrogens with one attached hydrogen (secondary N) is 3. The minimum Gasteiger partial charge on any atom is -0.350 e. The quantitative estimate of drug-likeness (QED) is 0.454. The van der Waals surface area contributed by atoms with Crippen molar-refractivity contribution in [1.82, 2.24) is 10.6 Å². The Hall–Kier alpha value is -3.35. The van der Waals surface area contributed by atoms with Gasteiger partial charge in [0.1, 0.15) is 12.6 Å². The van der Waals surface area contributed by atoms with Crippen LogP contribution >= 0.6 is 0 Å². The molecule has 2 aromatic rings. The second kappa shape index (κ2) is 12.0. The van der Waals surface area contributed by atoms with Crippen molar-refractivity contribution < 1.29 is 14.4 Å². The zero-order valence-corrected chi connectivity index (χ0v) is 23.2. The molecule has 2 aliphatic rings. The van der Waals surface area contributed by atoms with E-state index >= 15 is 0 Å². The molecule has 4 amide bonds. The van der Waals surface area contributed by atoms with Crippen molar-refractivity contribution in [1.29, 1.82) is 0 Å². The van der Waals surface area contributed by atoms with Crippen LogP contribution in [0.2, 0.25) is 0 Å². The van der Waals surface area contributed by atoms with Crippen LogP contribution in [0.25, 0.3) is 0 Å². The van der Waals surface area contributed by atoms with E-state index in [0.29, 0.717) is 18.0 Å². The number of para-hydroxylation sites is 1. The monoisotopic (exact) mass is 518 g/mol. The van der Waals surface area contributed by atoms with E-state index in [1.807, 2.05) is 63.2 Å². The van der Waals surface area contributed by atoms with Crippen LogP contribution in [0.1, 0.15) is 83.3 Å². The molecule has 0 radical (unpaired) electrons. The summed E-state index contributed by atoms with van der Waals surface area (Å²) in [6.45, 7) is 7.74. The van der Waals surface area contributed by atoms with Crippen LogP contribution in [-0.4, -0.2) is 36.0 Å². The van der Waals surface area contributed by atoms with E-state index in [4.69, 9.17) is 0 Å². The Morgan fingerprint density at radius 3 is 2.45 bits per heavy atom. The third kappa shape index (κ3) is 6.94. The van der Waals surface area contributed by atoms with Crippen molar-refractivity contribution in [3.05, 3.63) is 59.7 Å². The molecule has 0 saturated heterocycles. The molecule has 0 bridgehead atoms. The van der Waals surface area contributed by atoms with Gasteiger partial charge in [-0.15, -0.1) is 0 Å². The van der Waals surface area contributed by atoms with Gasteiger partial charge >= 0.3 is 6.03 Å². The number of urea groups is 1. The van der Waals surface area contributed by atoms with E-state index in [1.54, 1.807) is 4.90 Å². The van der Waals surface area contributed by atoms with Gasteiger partial charge in [-0.25, -0.2) is 4.79 Å². The summed E-state index contributed by atoms with van der Waals surface area (Å²) in [5, 5.41) is 8.86. The van der Waals surface area contributed by atoms with Gasteiger partial charge in [-0.1, -0.05) is 56.5 Å². The molecule has 0 aromatic heterocycles. The number of nitrogens with zero attached hydrogens (tertiary/aromatic N) is 1. The van der Waals surface area contributed by atoms with Crippen LogP contribution in [-0.2, 0) is 16.0 Å². The molecule has 1 aliphatic carbocycles. The van der Waals surface area contributed by atoms with Gasteiger partial charge < -0.3 is 20.9 Å². The molecule has 204 valence electrons. The zero-order valence-electron chi connectivity index (χ0n) is 23.2. The largest absolute Gasteiger partial charge is 0.350 e. The highest BCUT2D eigenvalue weighted by molar-refractivity contribution is 6.05. The van der Waals surface area contributed by atoms with E-state index in [2.05, 4.69) is 28.9 Å². The number of hydrogen-bond donors (Lipinski definition) is 3. The van der Waals surface area contributed by atoms with Crippen molar-refractivity contribution in [3.8, 4) is 0 Å². The molecule has 38 heavy (non-hydrogen) atoms. The Kier molecular flexibility index (Phi) is 8.75. The van der Waals surface area contributed by atoms with Gasteiger partial charge in [-0.3, -0.25) is 9.59 Å². The molecule has 1 aliphatic heterocycles. The van der Waals surface area contributed by atoms with Crippen molar-refractivity contribution in [2.24, 2.45) is 5.92 Å². The van der Waals surface area contributed by atoms with E-state index in [0.717, 1.165) is 36.1 Å². The van der Waals surface area contributed by atoms with Gasteiger partial charge in [0.15, 0.2) is 0 Å². The first-order chi connectivity index (χ1) is 18.1. The second-order valence-corrected chi connectivity index (χ2v) is 11.7. The van der Waals surface area contributed by atoms with Gasteiger partial charge in [-0.05, 0) is 87.6 Å². The summed E-state index contributed by atoms with van der Waals surface area (Å²) in [4.78, 5) is 41.7. The molecule has 1 heterocycles. The maximum Gasteiger partial charge on any atom is 0.319 e. The third-order valence-corrected chi connectivity index (χ3v) is 7.61. The lowest BCUT2D eigenvalue weighted by atomic mass is 9.74. The van der Waals surface area contributed by atoms with Crippen molar-refractivity contribution in [3.63, 3.8) is 0 Å². The van der Waals surface area contributed by atoms with E-state index < -0.39 is 17.6 Å². The summed E-state index contributed by atoms with van der Waals surface area (Å²) >= 11 is 0. The average molecular weight is 519 g/mol. The number of fused-ring (bicyclic) bond motifs is 1. The zero-order chi connectivity index (χ0) is 27.3. The molecule has 7 nitrogen and oxygen atoms in total. The minimum absolute atomic E-state index is 0.0944.